The van der Waals surface area contributed by atoms with Gasteiger partial charge in [-0.05, 0) is 53.9 Å². The van der Waals surface area contributed by atoms with E-state index < -0.39 is 57.7 Å². The van der Waals surface area contributed by atoms with Crippen LogP contribution >= 0.6 is 0 Å². The minimum Gasteiger partial charge on any atom is -0.423 e. The predicted octanol–water partition coefficient (Wildman–Crippen LogP) is 7.00. The second-order valence-corrected chi connectivity index (χ2v) is 7.16. The van der Waals surface area contributed by atoms with Gasteiger partial charge in [-0.1, -0.05) is 31.4 Å². The highest BCUT2D eigenvalue weighted by molar-refractivity contribution is 5.92. The van der Waals surface area contributed by atoms with Crippen molar-refractivity contribution in [1.82, 2.24) is 0 Å². The van der Waals surface area contributed by atoms with Crippen molar-refractivity contribution >= 4 is 5.97 Å². The number of benzene rings is 3. The third-order valence-electron chi connectivity index (χ3n) is 4.61. The summed E-state index contributed by atoms with van der Waals surface area (Å²) in [5.41, 5.74) is -2.20. The molecule has 0 saturated heterocycles. The van der Waals surface area contributed by atoms with Gasteiger partial charge in [0.25, 0.3) is 0 Å². The summed E-state index contributed by atoms with van der Waals surface area (Å²) in [4.78, 5) is 12.3. The Morgan fingerprint density at radius 1 is 0.882 bits per heavy atom. The molecule has 3 aromatic carbocycles. The molecule has 0 spiro atoms. The highest BCUT2D eigenvalue weighted by Crippen LogP contribution is 2.30. The second kappa shape index (κ2) is 10.00. The van der Waals surface area contributed by atoms with E-state index in [0.717, 1.165) is 24.3 Å². The molecule has 0 radical (unpaired) electrons. The molecule has 3 aromatic rings. The lowest BCUT2D eigenvalue weighted by molar-refractivity contribution is -0.0696. The summed E-state index contributed by atoms with van der Waals surface area (Å²) in [6, 6.07) is 8.67. The highest BCUT2D eigenvalue weighted by Gasteiger charge is 2.24. The average molecular weight is 480 g/mol. The van der Waals surface area contributed by atoms with E-state index in [4.69, 9.17) is 4.74 Å². The maximum Gasteiger partial charge on any atom is 0.458 e. The van der Waals surface area contributed by atoms with Crippen molar-refractivity contribution in [3.8, 4) is 28.7 Å². The SMILES string of the molecule is CCCc1ccc(OC(=O)c2cc(F)c(-c3cc(F)c(C#CC(F)(F)F)c(F)c3)c(F)c2)cc1. The fourth-order valence-corrected chi connectivity index (χ4v) is 3.12. The largest absolute Gasteiger partial charge is 0.458 e. The van der Waals surface area contributed by atoms with E-state index in [1.807, 2.05) is 6.92 Å². The molecule has 0 N–H and O–H groups in total. The van der Waals surface area contributed by atoms with Crippen LogP contribution in [0.3, 0.4) is 0 Å². The van der Waals surface area contributed by atoms with E-state index in [0.29, 0.717) is 24.3 Å². The Morgan fingerprint density at radius 2 is 1.44 bits per heavy atom. The third-order valence-corrected chi connectivity index (χ3v) is 4.61. The first-order valence-electron chi connectivity index (χ1n) is 9.88. The van der Waals surface area contributed by atoms with Crippen LogP contribution in [0.15, 0.2) is 48.5 Å². The molecule has 0 aliphatic carbocycles. The van der Waals surface area contributed by atoms with Crippen LogP contribution in [0.1, 0.15) is 34.8 Å². The van der Waals surface area contributed by atoms with Crippen LogP contribution in [-0.4, -0.2) is 12.1 Å². The summed E-state index contributed by atoms with van der Waals surface area (Å²) in [6.45, 7) is 2.00. The van der Waals surface area contributed by atoms with Crippen molar-refractivity contribution in [2.24, 2.45) is 0 Å². The fourth-order valence-electron chi connectivity index (χ4n) is 3.12. The van der Waals surface area contributed by atoms with Gasteiger partial charge in [0.05, 0.1) is 16.7 Å². The number of alkyl halides is 3. The first-order chi connectivity index (χ1) is 16.0. The number of carbonyl (C=O) groups excluding carboxylic acids is 1. The monoisotopic (exact) mass is 480 g/mol. The molecular weight excluding hydrogens is 465 g/mol. The van der Waals surface area contributed by atoms with Crippen molar-refractivity contribution < 1.29 is 40.3 Å². The number of carbonyl (C=O) groups is 1. The van der Waals surface area contributed by atoms with Crippen molar-refractivity contribution in [3.05, 3.63) is 88.5 Å². The zero-order valence-corrected chi connectivity index (χ0v) is 17.5. The second-order valence-electron chi connectivity index (χ2n) is 7.16. The number of halogens is 7. The van der Waals surface area contributed by atoms with E-state index in [1.54, 1.807) is 12.1 Å². The molecule has 0 atom stereocenters. The predicted molar refractivity (Wildman–Crippen MR) is 110 cm³/mol. The van der Waals surface area contributed by atoms with Crippen molar-refractivity contribution in [1.29, 1.82) is 0 Å². The summed E-state index contributed by atoms with van der Waals surface area (Å²) in [5, 5.41) is 0. The Labute approximate surface area is 190 Å². The number of aryl methyl sites for hydroxylation is 1. The summed E-state index contributed by atoms with van der Waals surface area (Å²) in [6.07, 6.45) is -3.25. The molecular formula is C25H15F7O2. The molecule has 9 heteroatoms. The summed E-state index contributed by atoms with van der Waals surface area (Å²) >= 11 is 0. The van der Waals surface area contributed by atoms with E-state index in [-0.39, 0.29) is 5.75 Å². The Balaban J connectivity index is 1.89. The Hall–Kier alpha value is -3.80. The smallest absolute Gasteiger partial charge is 0.423 e. The molecule has 0 aromatic heterocycles. The summed E-state index contributed by atoms with van der Waals surface area (Å²) in [5.74, 6) is -4.64. The third kappa shape index (κ3) is 5.95. The maximum atomic E-state index is 14.6. The number of ether oxygens (including phenoxy) is 1. The van der Waals surface area contributed by atoms with Crippen LogP contribution in [-0.2, 0) is 6.42 Å². The number of esters is 1. The average Bonchev–Trinajstić information content (AvgIpc) is 2.73. The van der Waals surface area contributed by atoms with Crippen molar-refractivity contribution in [3.63, 3.8) is 0 Å². The molecule has 176 valence electrons. The van der Waals surface area contributed by atoms with E-state index >= 15 is 0 Å². The van der Waals surface area contributed by atoms with Crippen LogP contribution in [0.5, 0.6) is 5.75 Å². The zero-order valence-electron chi connectivity index (χ0n) is 17.5. The lowest BCUT2D eigenvalue weighted by atomic mass is 10.00. The van der Waals surface area contributed by atoms with Crippen LogP contribution in [0.25, 0.3) is 11.1 Å². The molecule has 3 rings (SSSR count). The lowest BCUT2D eigenvalue weighted by Crippen LogP contribution is -2.10. The van der Waals surface area contributed by atoms with Gasteiger partial charge < -0.3 is 4.74 Å². The van der Waals surface area contributed by atoms with Crippen molar-refractivity contribution in [2.45, 2.75) is 25.9 Å². The van der Waals surface area contributed by atoms with E-state index in [9.17, 15) is 35.5 Å². The molecule has 34 heavy (non-hydrogen) atoms. The van der Waals surface area contributed by atoms with Gasteiger partial charge in [0, 0.05) is 5.92 Å². The zero-order chi connectivity index (χ0) is 25.0. The van der Waals surface area contributed by atoms with Gasteiger partial charge >= 0.3 is 12.1 Å². The summed E-state index contributed by atoms with van der Waals surface area (Å²) < 4.78 is 99.2. The normalized spacial score (nSPS) is 11.1. The van der Waals surface area contributed by atoms with Gasteiger partial charge in [0.2, 0.25) is 0 Å². The molecule has 0 saturated carbocycles. The lowest BCUT2D eigenvalue weighted by Gasteiger charge is -2.10. The number of hydrogen-bond acceptors (Lipinski definition) is 2. The topological polar surface area (TPSA) is 26.3 Å². The summed E-state index contributed by atoms with van der Waals surface area (Å²) in [7, 11) is 0. The molecule has 0 unspecified atom stereocenters. The molecule has 0 aliphatic heterocycles. The molecule has 0 bridgehead atoms. The van der Waals surface area contributed by atoms with Crippen LogP contribution in [0, 0.1) is 35.1 Å². The van der Waals surface area contributed by atoms with Gasteiger partial charge in [-0.2, -0.15) is 13.2 Å². The van der Waals surface area contributed by atoms with Gasteiger partial charge in [-0.25, -0.2) is 22.4 Å². The van der Waals surface area contributed by atoms with E-state index in [2.05, 4.69) is 0 Å². The van der Waals surface area contributed by atoms with Crippen molar-refractivity contribution in [2.75, 3.05) is 0 Å². The number of rotatable bonds is 5. The van der Waals surface area contributed by atoms with Crippen LogP contribution in [0.2, 0.25) is 0 Å². The van der Waals surface area contributed by atoms with Gasteiger partial charge in [-0.3, -0.25) is 0 Å². The van der Waals surface area contributed by atoms with Crippen LogP contribution < -0.4 is 4.74 Å². The first-order valence-corrected chi connectivity index (χ1v) is 9.88. The molecule has 0 amide bonds. The molecule has 0 fully saturated rings. The minimum absolute atomic E-state index is 0.148. The number of hydrogen-bond donors (Lipinski definition) is 0. The molecule has 0 aliphatic rings. The van der Waals surface area contributed by atoms with Gasteiger partial charge in [0.15, 0.2) is 0 Å². The van der Waals surface area contributed by atoms with Gasteiger partial charge in [-0.15, -0.1) is 0 Å². The molecule has 2 nitrogen and oxygen atoms in total. The first kappa shape index (κ1) is 24.8. The standard InChI is InChI=1S/C25H15F7O2/c1-2-3-14-4-6-17(7-5-14)34-24(33)16-12-21(28)23(22(29)13-16)15-10-19(26)18(20(27)11-15)8-9-25(30,31)32/h4-7,10-13H,2-3H2,1H3. The Morgan fingerprint density at radius 3 is 1.94 bits per heavy atom. The maximum absolute atomic E-state index is 14.6. The molecule has 0 heterocycles. The minimum atomic E-state index is -4.99. The quantitative estimate of drug-likeness (QED) is 0.170. The Bertz CT molecular complexity index is 1240. The van der Waals surface area contributed by atoms with Gasteiger partial charge in [0.1, 0.15) is 29.0 Å². The fraction of sp³-hybridized carbons (Fsp3) is 0.160. The highest BCUT2D eigenvalue weighted by atomic mass is 19.4. The van der Waals surface area contributed by atoms with E-state index in [1.165, 1.54) is 18.1 Å². The Kier molecular flexibility index (Phi) is 7.30. The van der Waals surface area contributed by atoms with Crippen LogP contribution in [0.4, 0.5) is 30.7 Å².